The molecule has 1 N–H and O–H groups in total. The number of esters is 1. The lowest BCUT2D eigenvalue weighted by molar-refractivity contribution is -0.154. The Morgan fingerprint density at radius 2 is 2.06 bits per heavy atom. The van der Waals surface area contributed by atoms with Crippen LogP contribution in [0.25, 0.3) is 0 Å². The number of carbonyl (C=O) groups excluding carboxylic acids is 1. The molecule has 0 bridgehead atoms. The average Bonchev–Trinajstić information content (AvgIpc) is 3.14. The summed E-state index contributed by atoms with van der Waals surface area (Å²) in [6.45, 7) is 5.42. The van der Waals surface area contributed by atoms with Gasteiger partial charge in [0.15, 0.2) is 0 Å². The van der Waals surface area contributed by atoms with Gasteiger partial charge in [0, 0.05) is 0 Å². The first-order chi connectivity index (χ1) is 8.10. The van der Waals surface area contributed by atoms with E-state index in [9.17, 15) is 4.79 Å². The van der Waals surface area contributed by atoms with Gasteiger partial charge in [-0.1, -0.05) is 26.7 Å². The standard InChI is InChI=1S/C14H25NO2/c1-10-5-4-8-14(11(10)2,13(16)17-3)15-9-12-6-7-12/h10-12,15H,4-9H2,1-3H3. The molecule has 3 atom stereocenters. The molecule has 2 fully saturated rings. The van der Waals surface area contributed by atoms with Crippen molar-refractivity contribution in [3.63, 3.8) is 0 Å². The molecule has 0 aromatic heterocycles. The minimum Gasteiger partial charge on any atom is -0.468 e. The van der Waals surface area contributed by atoms with Crippen molar-refractivity contribution < 1.29 is 9.53 Å². The van der Waals surface area contributed by atoms with Gasteiger partial charge in [-0.15, -0.1) is 0 Å². The van der Waals surface area contributed by atoms with Crippen molar-refractivity contribution in [3.8, 4) is 0 Å². The van der Waals surface area contributed by atoms with Crippen molar-refractivity contribution in [2.24, 2.45) is 17.8 Å². The zero-order chi connectivity index (χ0) is 12.5. The maximum Gasteiger partial charge on any atom is 0.326 e. The molecule has 0 amide bonds. The molecule has 0 aromatic carbocycles. The Morgan fingerprint density at radius 1 is 1.35 bits per heavy atom. The molecule has 0 aromatic rings. The van der Waals surface area contributed by atoms with E-state index in [1.165, 1.54) is 26.4 Å². The highest BCUT2D eigenvalue weighted by Crippen LogP contribution is 2.39. The van der Waals surface area contributed by atoms with Crippen molar-refractivity contribution in [1.82, 2.24) is 5.32 Å². The summed E-state index contributed by atoms with van der Waals surface area (Å²) in [6, 6.07) is 0. The largest absolute Gasteiger partial charge is 0.468 e. The summed E-state index contributed by atoms with van der Waals surface area (Å²) in [4.78, 5) is 12.2. The minimum atomic E-state index is -0.422. The number of nitrogens with one attached hydrogen (secondary N) is 1. The minimum absolute atomic E-state index is 0.0581. The van der Waals surface area contributed by atoms with Crippen LogP contribution in [-0.2, 0) is 9.53 Å². The lowest BCUT2D eigenvalue weighted by atomic mass is 9.68. The van der Waals surface area contributed by atoms with Crippen LogP contribution in [0.15, 0.2) is 0 Å². The van der Waals surface area contributed by atoms with Crippen LogP contribution in [0.5, 0.6) is 0 Å². The predicted octanol–water partition coefficient (Wildman–Crippen LogP) is 2.35. The summed E-state index contributed by atoms with van der Waals surface area (Å²) < 4.78 is 5.06. The SMILES string of the molecule is COC(=O)C1(NCC2CC2)CCCC(C)C1C. The lowest BCUT2D eigenvalue weighted by Gasteiger charge is -2.44. The van der Waals surface area contributed by atoms with E-state index in [2.05, 4.69) is 19.2 Å². The molecule has 3 heteroatoms. The van der Waals surface area contributed by atoms with E-state index in [0.717, 1.165) is 25.3 Å². The van der Waals surface area contributed by atoms with Crippen LogP contribution in [0.3, 0.4) is 0 Å². The second-order valence-corrected chi connectivity index (χ2v) is 5.95. The molecule has 2 aliphatic rings. The fourth-order valence-corrected chi connectivity index (χ4v) is 3.11. The fourth-order valence-electron chi connectivity index (χ4n) is 3.11. The zero-order valence-electron chi connectivity index (χ0n) is 11.3. The first-order valence-electron chi connectivity index (χ1n) is 6.93. The fraction of sp³-hybridized carbons (Fsp3) is 0.929. The van der Waals surface area contributed by atoms with Crippen molar-refractivity contribution in [2.75, 3.05) is 13.7 Å². The quantitative estimate of drug-likeness (QED) is 0.765. The van der Waals surface area contributed by atoms with Gasteiger partial charge in [-0.25, -0.2) is 0 Å². The van der Waals surface area contributed by atoms with Crippen molar-refractivity contribution in [3.05, 3.63) is 0 Å². The van der Waals surface area contributed by atoms with Crippen LogP contribution in [-0.4, -0.2) is 25.2 Å². The summed E-state index contributed by atoms with van der Waals surface area (Å²) in [5.41, 5.74) is -0.422. The molecule has 0 spiro atoms. The molecule has 2 aliphatic carbocycles. The number of ether oxygens (including phenoxy) is 1. The Hall–Kier alpha value is -0.570. The average molecular weight is 239 g/mol. The molecule has 0 radical (unpaired) electrons. The van der Waals surface area contributed by atoms with Gasteiger partial charge in [-0.3, -0.25) is 4.79 Å². The summed E-state index contributed by atoms with van der Waals surface area (Å²) >= 11 is 0. The van der Waals surface area contributed by atoms with Crippen LogP contribution in [0, 0.1) is 17.8 Å². The van der Waals surface area contributed by atoms with E-state index in [1.807, 2.05) is 0 Å². The molecule has 17 heavy (non-hydrogen) atoms. The highest BCUT2D eigenvalue weighted by Gasteiger charge is 2.48. The number of methoxy groups -OCH3 is 1. The Balaban J connectivity index is 2.11. The molecule has 3 unspecified atom stereocenters. The first kappa shape index (κ1) is 12.9. The van der Waals surface area contributed by atoms with Gasteiger partial charge < -0.3 is 10.1 Å². The normalized spacial score (nSPS) is 37.8. The van der Waals surface area contributed by atoms with Crippen molar-refractivity contribution in [2.45, 2.75) is 51.5 Å². The summed E-state index contributed by atoms with van der Waals surface area (Å²) in [7, 11) is 1.51. The van der Waals surface area contributed by atoms with Crippen molar-refractivity contribution in [1.29, 1.82) is 0 Å². The van der Waals surface area contributed by atoms with Crippen LogP contribution < -0.4 is 5.32 Å². The molecule has 2 rings (SSSR count). The monoisotopic (exact) mass is 239 g/mol. The van der Waals surface area contributed by atoms with Crippen molar-refractivity contribution >= 4 is 5.97 Å². The predicted molar refractivity (Wildman–Crippen MR) is 67.7 cm³/mol. The number of carbonyl (C=O) groups is 1. The Kier molecular flexibility index (Phi) is 3.76. The first-order valence-corrected chi connectivity index (χ1v) is 6.93. The van der Waals surface area contributed by atoms with Gasteiger partial charge >= 0.3 is 5.97 Å². The van der Waals surface area contributed by atoms with E-state index in [-0.39, 0.29) is 5.97 Å². The third-order valence-electron chi connectivity index (χ3n) is 4.81. The topological polar surface area (TPSA) is 38.3 Å². The molecular formula is C14H25NO2. The summed E-state index contributed by atoms with van der Waals surface area (Å²) in [5, 5.41) is 3.55. The van der Waals surface area contributed by atoms with Crippen LogP contribution in [0.2, 0.25) is 0 Å². The zero-order valence-corrected chi connectivity index (χ0v) is 11.3. The van der Waals surface area contributed by atoms with Gasteiger partial charge in [0.05, 0.1) is 7.11 Å². The van der Waals surface area contributed by atoms with Crippen LogP contribution in [0.4, 0.5) is 0 Å². The number of rotatable bonds is 4. The second-order valence-electron chi connectivity index (χ2n) is 5.95. The maximum absolute atomic E-state index is 12.2. The molecule has 0 aliphatic heterocycles. The second kappa shape index (κ2) is 4.97. The maximum atomic E-state index is 12.2. The Labute approximate surface area is 104 Å². The molecule has 3 nitrogen and oxygen atoms in total. The van der Waals surface area contributed by atoms with Gasteiger partial charge in [0.25, 0.3) is 0 Å². The summed E-state index contributed by atoms with van der Waals surface area (Å²) in [6.07, 6.45) is 5.91. The molecule has 2 saturated carbocycles. The van der Waals surface area contributed by atoms with Gasteiger partial charge in [-0.05, 0) is 43.6 Å². The highest BCUT2D eigenvalue weighted by molar-refractivity contribution is 5.81. The smallest absolute Gasteiger partial charge is 0.326 e. The van der Waals surface area contributed by atoms with E-state index in [1.54, 1.807) is 0 Å². The lowest BCUT2D eigenvalue weighted by Crippen LogP contribution is -2.60. The van der Waals surface area contributed by atoms with E-state index >= 15 is 0 Å². The molecule has 98 valence electrons. The van der Waals surface area contributed by atoms with E-state index < -0.39 is 5.54 Å². The highest BCUT2D eigenvalue weighted by atomic mass is 16.5. The summed E-state index contributed by atoms with van der Waals surface area (Å²) in [5.74, 6) is 1.69. The molecule has 0 saturated heterocycles. The Bertz CT molecular complexity index is 288. The van der Waals surface area contributed by atoms with E-state index in [4.69, 9.17) is 4.74 Å². The molecular weight excluding hydrogens is 214 g/mol. The molecule has 0 heterocycles. The van der Waals surface area contributed by atoms with Crippen LogP contribution >= 0.6 is 0 Å². The van der Waals surface area contributed by atoms with Crippen LogP contribution in [0.1, 0.15) is 46.0 Å². The third kappa shape index (κ3) is 2.49. The number of hydrogen-bond donors (Lipinski definition) is 1. The third-order valence-corrected chi connectivity index (χ3v) is 4.81. The number of hydrogen-bond acceptors (Lipinski definition) is 3. The van der Waals surface area contributed by atoms with Gasteiger partial charge in [0.2, 0.25) is 0 Å². The van der Waals surface area contributed by atoms with Gasteiger partial charge in [-0.2, -0.15) is 0 Å². The van der Waals surface area contributed by atoms with Gasteiger partial charge in [0.1, 0.15) is 5.54 Å². The van der Waals surface area contributed by atoms with E-state index in [0.29, 0.717) is 11.8 Å². The Morgan fingerprint density at radius 3 is 2.65 bits per heavy atom.